The Morgan fingerprint density at radius 1 is 1.00 bits per heavy atom. The number of nitrogens with one attached hydrogen (secondary N) is 1. The van der Waals surface area contributed by atoms with Crippen LogP contribution in [0.4, 0.5) is 0 Å². The molecule has 0 spiro atoms. The summed E-state index contributed by atoms with van der Waals surface area (Å²) in [6.45, 7) is 3.40. The topological polar surface area (TPSA) is 66.5 Å². The highest BCUT2D eigenvalue weighted by Gasteiger charge is 2.21. The third-order valence-corrected chi connectivity index (χ3v) is 3.54. The lowest BCUT2D eigenvalue weighted by Gasteiger charge is -2.13. The molecule has 21 heavy (non-hydrogen) atoms. The molecule has 5 nitrogen and oxygen atoms in total. The molecule has 0 saturated carbocycles. The lowest BCUT2D eigenvalue weighted by atomic mass is 10.1. The van der Waals surface area contributed by atoms with Crippen molar-refractivity contribution in [3.8, 4) is 0 Å². The highest BCUT2D eigenvalue weighted by atomic mass is 16.2. The van der Waals surface area contributed by atoms with E-state index in [4.69, 9.17) is 0 Å². The number of carbonyl (C=O) groups is 3. The molecule has 1 N–H and O–H groups in total. The Bertz CT molecular complexity index is 373. The van der Waals surface area contributed by atoms with E-state index >= 15 is 0 Å². The van der Waals surface area contributed by atoms with E-state index in [1.807, 2.05) is 0 Å². The summed E-state index contributed by atoms with van der Waals surface area (Å²) in [6, 6.07) is 0. The quantitative estimate of drug-likeness (QED) is 0.469. The summed E-state index contributed by atoms with van der Waals surface area (Å²) >= 11 is 0. The lowest BCUT2D eigenvalue weighted by molar-refractivity contribution is -0.136. The number of hydrogen-bond donors (Lipinski definition) is 1. The number of hydrogen-bond acceptors (Lipinski definition) is 3. The van der Waals surface area contributed by atoms with E-state index in [-0.39, 0.29) is 17.7 Å². The fourth-order valence-corrected chi connectivity index (χ4v) is 2.25. The van der Waals surface area contributed by atoms with Crippen LogP contribution in [0.15, 0.2) is 12.2 Å². The van der Waals surface area contributed by atoms with Crippen molar-refractivity contribution in [3.63, 3.8) is 0 Å². The largest absolute Gasteiger partial charge is 0.356 e. The fraction of sp³-hybridized carbons (Fsp3) is 0.688. The van der Waals surface area contributed by atoms with Crippen LogP contribution < -0.4 is 5.32 Å². The summed E-state index contributed by atoms with van der Waals surface area (Å²) in [6.07, 6.45) is 10.1. The molecule has 3 amide bonds. The third kappa shape index (κ3) is 7.06. The monoisotopic (exact) mass is 294 g/mol. The number of imide groups is 1. The molecule has 0 bridgehead atoms. The molecule has 0 radical (unpaired) electrons. The van der Waals surface area contributed by atoms with Crippen molar-refractivity contribution in [3.05, 3.63) is 12.2 Å². The summed E-state index contributed by atoms with van der Waals surface area (Å²) in [5, 5.41) is 2.92. The molecule has 0 aliphatic carbocycles. The highest BCUT2D eigenvalue weighted by Crippen LogP contribution is 2.08. The van der Waals surface area contributed by atoms with E-state index in [1.165, 1.54) is 17.1 Å². The van der Waals surface area contributed by atoms with Gasteiger partial charge in [-0.2, -0.15) is 0 Å². The number of nitrogens with zero attached hydrogens (tertiary/aromatic N) is 1. The molecule has 0 fully saturated rings. The maximum atomic E-state index is 11.5. The third-order valence-electron chi connectivity index (χ3n) is 3.54. The predicted molar refractivity (Wildman–Crippen MR) is 81.5 cm³/mol. The number of carbonyl (C=O) groups excluding carboxylic acids is 3. The minimum atomic E-state index is -0.216. The van der Waals surface area contributed by atoms with Gasteiger partial charge in [-0.05, 0) is 19.3 Å². The van der Waals surface area contributed by atoms with Crippen molar-refractivity contribution >= 4 is 17.7 Å². The lowest BCUT2D eigenvalue weighted by Crippen LogP contribution is -2.30. The SMILES string of the molecule is CCCCCNC(=O)CCCCCCN1C(=O)C=CC1=O. The number of amides is 3. The summed E-state index contributed by atoms with van der Waals surface area (Å²) in [5.74, 6) is -0.307. The van der Waals surface area contributed by atoms with Crippen molar-refractivity contribution in [2.75, 3.05) is 13.1 Å². The Morgan fingerprint density at radius 2 is 1.67 bits per heavy atom. The molecule has 1 aliphatic heterocycles. The normalized spacial score (nSPS) is 14.0. The van der Waals surface area contributed by atoms with Crippen LogP contribution in [-0.2, 0) is 14.4 Å². The Hall–Kier alpha value is -1.65. The smallest absolute Gasteiger partial charge is 0.253 e. The minimum Gasteiger partial charge on any atom is -0.356 e. The second-order valence-electron chi connectivity index (χ2n) is 5.38. The molecule has 1 aliphatic rings. The van der Waals surface area contributed by atoms with Gasteiger partial charge in [0, 0.05) is 31.7 Å². The number of unbranched alkanes of at least 4 members (excludes halogenated alkanes) is 5. The van der Waals surface area contributed by atoms with Crippen LogP contribution in [0.25, 0.3) is 0 Å². The molecule has 0 aromatic carbocycles. The highest BCUT2D eigenvalue weighted by molar-refractivity contribution is 6.12. The molecule has 0 aromatic heterocycles. The van der Waals surface area contributed by atoms with Crippen molar-refractivity contribution < 1.29 is 14.4 Å². The van der Waals surface area contributed by atoms with Gasteiger partial charge in [-0.1, -0.05) is 32.6 Å². The van der Waals surface area contributed by atoms with Gasteiger partial charge in [0.2, 0.25) is 5.91 Å². The molecular weight excluding hydrogens is 268 g/mol. The van der Waals surface area contributed by atoms with E-state index in [2.05, 4.69) is 12.2 Å². The summed E-state index contributed by atoms with van der Waals surface area (Å²) in [7, 11) is 0. The van der Waals surface area contributed by atoms with Gasteiger partial charge in [-0.3, -0.25) is 19.3 Å². The zero-order valence-electron chi connectivity index (χ0n) is 12.9. The van der Waals surface area contributed by atoms with Gasteiger partial charge in [0.05, 0.1) is 0 Å². The van der Waals surface area contributed by atoms with Gasteiger partial charge < -0.3 is 5.32 Å². The van der Waals surface area contributed by atoms with Crippen LogP contribution in [-0.4, -0.2) is 35.7 Å². The van der Waals surface area contributed by atoms with E-state index < -0.39 is 0 Å². The van der Waals surface area contributed by atoms with E-state index in [9.17, 15) is 14.4 Å². The Kier molecular flexibility index (Phi) is 8.40. The van der Waals surface area contributed by atoms with Crippen LogP contribution in [0.2, 0.25) is 0 Å². The molecule has 118 valence electrons. The first kappa shape index (κ1) is 17.4. The maximum Gasteiger partial charge on any atom is 0.253 e. The van der Waals surface area contributed by atoms with Crippen molar-refractivity contribution in [1.82, 2.24) is 10.2 Å². The van der Waals surface area contributed by atoms with Gasteiger partial charge >= 0.3 is 0 Å². The fourth-order valence-electron chi connectivity index (χ4n) is 2.25. The average Bonchev–Trinajstić information content (AvgIpc) is 2.78. The first-order valence-corrected chi connectivity index (χ1v) is 7.95. The summed E-state index contributed by atoms with van der Waals surface area (Å²) < 4.78 is 0. The second-order valence-corrected chi connectivity index (χ2v) is 5.38. The predicted octanol–water partition coefficient (Wildman–Crippen LogP) is 2.17. The van der Waals surface area contributed by atoms with E-state index in [0.717, 1.165) is 51.5 Å². The van der Waals surface area contributed by atoms with Crippen LogP contribution in [0.1, 0.15) is 58.3 Å². The van der Waals surface area contributed by atoms with Crippen LogP contribution in [0.5, 0.6) is 0 Å². The van der Waals surface area contributed by atoms with Gasteiger partial charge in [-0.25, -0.2) is 0 Å². The van der Waals surface area contributed by atoms with Crippen molar-refractivity contribution in [1.29, 1.82) is 0 Å². The maximum absolute atomic E-state index is 11.5. The molecule has 0 atom stereocenters. The second kappa shape index (κ2) is 10.1. The van der Waals surface area contributed by atoms with E-state index in [1.54, 1.807) is 0 Å². The molecule has 0 aromatic rings. The van der Waals surface area contributed by atoms with Crippen LogP contribution in [0, 0.1) is 0 Å². The first-order valence-electron chi connectivity index (χ1n) is 7.95. The molecule has 1 heterocycles. The minimum absolute atomic E-state index is 0.125. The average molecular weight is 294 g/mol. The van der Waals surface area contributed by atoms with Crippen LogP contribution in [0.3, 0.4) is 0 Å². The van der Waals surface area contributed by atoms with E-state index in [0.29, 0.717) is 13.0 Å². The van der Waals surface area contributed by atoms with Gasteiger partial charge in [-0.15, -0.1) is 0 Å². The Balaban J connectivity index is 1.94. The summed E-state index contributed by atoms with van der Waals surface area (Å²) in [5.41, 5.74) is 0. The molecular formula is C16H26N2O3. The van der Waals surface area contributed by atoms with Crippen molar-refractivity contribution in [2.24, 2.45) is 0 Å². The first-order chi connectivity index (χ1) is 10.1. The Labute approximate surface area is 126 Å². The molecule has 0 unspecified atom stereocenters. The Morgan fingerprint density at radius 3 is 2.33 bits per heavy atom. The summed E-state index contributed by atoms with van der Waals surface area (Å²) in [4.78, 5) is 35.4. The van der Waals surface area contributed by atoms with Gasteiger partial charge in [0.15, 0.2) is 0 Å². The zero-order valence-corrected chi connectivity index (χ0v) is 12.9. The molecule has 5 heteroatoms. The molecule has 1 rings (SSSR count). The van der Waals surface area contributed by atoms with Crippen molar-refractivity contribution in [2.45, 2.75) is 58.3 Å². The van der Waals surface area contributed by atoms with Gasteiger partial charge in [0.1, 0.15) is 0 Å². The molecule has 0 saturated heterocycles. The van der Waals surface area contributed by atoms with Gasteiger partial charge in [0.25, 0.3) is 11.8 Å². The standard InChI is InChI=1S/C16H26N2O3/c1-2-3-7-12-17-14(19)9-6-4-5-8-13-18-15(20)10-11-16(18)21/h10-11H,2-9,12-13H2,1H3,(H,17,19). The van der Waals surface area contributed by atoms with Crippen LogP contribution >= 0.6 is 0 Å². The number of rotatable bonds is 11. The zero-order chi connectivity index (χ0) is 15.5.